The highest BCUT2D eigenvalue weighted by molar-refractivity contribution is 8.00. The highest BCUT2D eigenvalue weighted by Crippen LogP contribution is 2.21. The number of hydrogen-bond acceptors (Lipinski definition) is 4. The Labute approximate surface area is 119 Å². The van der Waals surface area contributed by atoms with E-state index in [-0.39, 0.29) is 23.6 Å². The summed E-state index contributed by atoms with van der Waals surface area (Å²) in [7, 11) is 0. The van der Waals surface area contributed by atoms with Crippen molar-refractivity contribution in [3.63, 3.8) is 0 Å². The summed E-state index contributed by atoms with van der Waals surface area (Å²) < 4.78 is 0. The number of nitrogen functional groups attached to an aromatic ring is 1. The Hall–Kier alpha value is -0.940. The average Bonchev–Trinajstić information content (AvgIpc) is 2.28. The van der Waals surface area contributed by atoms with Crippen LogP contribution in [0, 0.1) is 5.92 Å². The molecule has 3 N–H and O–H groups in total. The van der Waals surface area contributed by atoms with Crippen molar-refractivity contribution < 1.29 is 4.79 Å². The maximum absolute atomic E-state index is 12.0. The lowest BCUT2D eigenvalue weighted by atomic mass is 10.1. The van der Waals surface area contributed by atoms with Crippen LogP contribution in [0.1, 0.15) is 20.8 Å². The van der Waals surface area contributed by atoms with E-state index in [2.05, 4.69) is 17.2 Å². The fourth-order valence-electron chi connectivity index (χ4n) is 1.44. The average molecular weight is 290 g/mol. The molecule has 0 spiro atoms. The zero-order valence-corrected chi connectivity index (χ0v) is 12.5. The van der Waals surface area contributed by atoms with Crippen LogP contribution in [-0.4, -0.2) is 21.9 Å². The Morgan fingerprint density at radius 3 is 2.61 bits per heavy atom. The SMILES string of the molecule is CCSC(C(=O)Nc1ccc(N)nc1)C(C)C.Cl. The molecule has 1 amide bonds. The lowest BCUT2D eigenvalue weighted by Crippen LogP contribution is -2.29. The summed E-state index contributed by atoms with van der Waals surface area (Å²) in [5.74, 6) is 1.71. The van der Waals surface area contributed by atoms with Gasteiger partial charge >= 0.3 is 0 Å². The Balaban J connectivity index is 0.00000289. The number of amides is 1. The number of rotatable bonds is 5. The molecular weight excluding hydrogens is 270 g/mol. The van der Waals surface area contributed by atoms with Crippen molar-refractivity contribution in [1.82, 2.24) is 4.98 Å². The number of nitrogens with one attached hydrogen (secondary N) is 1. The minimum Gasteiger partial charge on any atom is -0.384 e. The van der Waals surface area contributed by atoms with E-state index < -0.39 is 0 Å². The molecule has 1 rings (SSSR count). The van der Waals surface area contributed by atoms with Crippen molar-refractivity contribution in [2.45, 2.75) is 26.0 Å². The van der Waals surface area contributed by atoms with Crippen LogP contribution in [0.15, 0.2) is 18.3 Å². The summed E-state index contributed by atoms with van der Waals surface area (Å²) in [5, 5.41) is 2.83. The van der Waals surface area contributed by atoms with Crippen molar-refractivity contribution in [2.75, 3.05) is 16.8 Å². The molecule has 1 unspecified atom stereocenters. The van der Waals surface area contributed by atoms with Crippen molar-refractivity contribution in [2.24, 2.45) is 5.92 Å². The van der Waals surface area contributed by atoms with Gasteiger partial charge in [0.05, 0.1) is 17.1 Å². The number of aromatic nitrogens is 1. The number of carbonyl (C=O) groups is 1. The number of anilines is 2. The molecule has 0 saturated heterocycles. The number of thioether (sulfide) groups is 1. The summed E-state index contributed by atoms with van der Waals surface area (Å²) in [5.41, 5.74) is 6.17. The van der Waals surface area contributed by atoms with Crippen LogP contribution in [0.3, 0.4) is 0 Å². The number of pyridine rings is 1. The number of halogens is 1. The molecule has 0 saturated carbocycles. The molecular formula is C12H20ClN3OS. The Bertz CT molecular complexity index is 370. The maximum Gasteiger partial charge on any atom is 0.237 e. The standard InChI is InChI=1S/C12H19N3OS.ClH/c1-4-17-11(8(2)3)12(16)15-9-5-6-10(13)14-7-9;/h5-8,11H,4H2,1-3H3,(H2,13,14)(H,15,16);1H. The zero-order valence-electron chi connectivity index (χ0n) is 10.8. The summed E-state index contributed by atoms with van der Waals surface area (Å²) >= 11 is 1.66. The molecule has 0 aromatic carbocycles. The number of hydrogen-bond donors (Lipinski definition) is 2. The van der Waals surface area contributed by atoms with Crippen LogP contribution in [0.25, 0.3) is 0 Å². The van der Waals surface area contributed by atoms with Crippen LogP contribution in [0.5, 0.6) is 0 Å². The van der Waals surface area contributed by atoms with Crippen LogP contribution in [0.2, 0.25) is 0 Å². The van der Waals surface area contributed by atoms with E-state index in [1.807, 2.05) is 13.8 Å². The second-order valence-corrected chi connectivity index (χ2v) is 5.50. The molecule has 1 heterocycles. The van der Waals surface area contributed by atoms with Crippen molar-refractivity contribution in [3.05, 3.63) is 18.3 Å². The molecule has 1 atom stereocenters. The first kappa shape index (κ1) is 17.1. The monoisotopic (exact) mass is 289 g/mol. The molecule has 1 aromatic heterocycles. The van der Waals surface area contributed by atoms with Gasteiger partial charge in [-0.25, -0.2) is 4.98 Å². The highest BCUT2D eigenvalue weighted by atomic mass is 35.5. The van der Waals surface area contributed by atoms with Gasteiger partial charge in [0.25, 0.3) is 0 Å². The molecule has 6 heteroatoms. The predicted molar refractivity (Wildman–Crippen MR) is 81.3 cm³/mol. The van der Waals surface area contributed by atoms with E-state index in [0.717, 1.165) is 5.75 Å². The van der Waals surface area contributed by atoms with Gasteiger partial charge in [-0.3, -0.25) is 4.79 Å². The topological polar surface area (TPSA) is 68.0 Å². The smallest absolute Gasteiger partial charge is 0.237 e. The van der Waals surface area contributed by atoms with Gasteiger partial charge in [0.2, 0.25) is 5.91 Å². The van der Waals surface area contributed by atoms with Crippen LogP contribution in [-0.2, 0) is 4.79 Å². The normalized spacial score (nSPS) is 11.8. The van der Waals surface area contributed by atoms with Crippen molar-refractivity contribution >= 4 is 41.6 Å². The first-order valence-corrected chi connectivity index (χ1v) is 6.73. The minimum absolute atomic E-state index is 0. The summed E-state index contributed by atoms with van der Waals surface area (Å²) in [4.78, 5) is 16.0. The predicted octanol–water partition coefficient (Wildman–Crippen LogP) is 2.80. The fourth-order valence-corrected chi connectivity index (χ4v) is 2.40. The van der Waals surface area contributed by atoms with Gasteiger partial charge in [0, 0.05) is 0 Å². The fraction of sp³-hybridized carbons (Fsp3) is 0.500. The lowest BCUT2D eigenvalue weighted by Gasteiger charge is -2.18. The van der Waals surface area contributed by atoms with E-state index in [0.29, 0.717) is 17.4 Å². The van der Waals surface area contributed by atoms with Crippen LogP contribution < -0.4 is 11.1 Å². The minimum atomic E-state index is -0.0300. The number of nitrogens with two attached hydrogens (primary N) is 1. The van der Waals surface area contributed by atoms with Gasteiger partial charge in [-0.15, -0.1) is 24.2 Å². The molecule has 0 radical (unpaired) electrons. The van der Waals surface area contributed by atoms with Crippen molar-refractivity contribution in [3.8, 4) is 0 Å². The summed E-state index contributed by atoms with van der Waals surface area (Å²) in [6.45, 7) is 6.15. The highest BCUT2D eigenvalue weighted by Gasteiger charge is 2.21. The number of nitrogens with zero attached hydrogens (tertiary/aromatic N) is 1. The van der Waals surface area contributed by atoms with E-state index in [9.17, 15) is 4.79 Å². The van der Waals surface area contributed by atoms with Crippen LogP contribution in [0.4, 0.5) is 11.5 Å². The molecule has 102 valence electrons. The molecule has 1 aromatic rings. The second-order valence-electron chi connectivity index (χ2n) is 4.08. The quantitative estimate of drug-likeness (QED) is 0.875. The van der Waals surface area contributed by atoms with Crippen molar-refractivity contribution in [1.29, 1.82) is 0 Å². The van der Waals surface area contributed by atoms with Gasteiger partial charge in [-0.05, 0) is 23.8 Å². The first-order chi connectivity index (χ1) is 8.04. The molecule has 0 bridgehead atoms. The Morgan fingerprint density at radius 1 is 1.50 bits per heavy atom. The third-order valence-electron chi connectivity index (χ3n) is 2.26. The summed E-state index contributed by atoms with van der Waals surface area (Å²) in [6.07, 6.45) is 1.57. The third kappa shape index (κ3) is 5.14. The molecule has 0 aliphatic carbocycles. The van der Waals surface area contributed by atoms with Gasteiger partial charge < -0.3 is 11.1 Å². The molecule has 0 aliphatic rings. The summed E-state index contributed by atoms with van der Waals surface area (Å²) in [6, 6.07) is 3.43. The van der Waals surface area contributed by atoms with Crippen LogP contribution >= 0.6 is 24.2 Å². The van der Waals surface area contributed by atoms with E-state index >= 15 is 0 Å². The maximum atomic E-state index is 12.0. The molecule has 18 heavy (non-hydrogen) atoms. The number of carbonyl (C=O) groups excluding carboxylic acids is 1. The van der Waals surface area contributed by atoms with E-state index in [4.69, 9.17) is 5.73 Å². The molecule has 0 aliphatic heterocycles. The van der Waals surface area contributed by atoms with Gasteiger partial charge in [-0.1, -0.05) is 20.8 Å². The largest absolute Gasteiger partial charge is 0.384 e. The van der Waals surface area contributed by atoms with Gasteiger partial charge in [0.15, 0.2) is 0 Å². The Kier molecular flexibility index (Phi) is 7.78. The Morgan fingerprint density at radius 2 is 2.17 bits per heavy atom. The third-order valence-corrected chi connectivity index (χ3v) is 3.71. The lowest BCUT2D eigenvalue weighted by molar-refractivity contribution is -0.116. The van der Waals surface area contributed by atoms with E-state index in [1.54, 1.807) is 30.1 Å². The molecule has 0 fully saturated rings. The first-order valence-electron chi connectivity index (χ1n) is 5.68. The van der Waals surface area contributed by atoms with Gasteiger partial charge in [0.1, 0.15) is 5.82 Å². The zero-order chi connectivity index (χ0) is 12.8. The van der Waals surface area contributed by atoms with E-state index in [1.165, 1.54) is 0 Å². The molecule has 4 nitrogen and oxygen atoms in total. The second kappa shape index (κ2) is 8.21. The van der Waals surface area contributed by atoms with Gasteiger partial charge in [-0.2, -0.15) is 0 Å².